The SMILES string of the molecule is [N-]=[N+]=C1C(=O)C2C=CC1C2(c1ccccc1)c1ccccn1. The number of hydrogen-bond donors (Lipinski definition) is 0. The Labute approximate surface area is 127 Å². The number of pyridine rings is 1. The summed E-state index contributed by atoms with van der Waals surface area (Å²) in [6.07, 6.45) is 5.62. The molecule has 0 N–H and O–H groups in total. The lowest BCUT2D eigenvalue weighted by molar-refractivity contribution is -0.118. The summed E-state index contributed by atoms with van der Waals surface area (Å²) in [7, 11) is 0. The third-order valence-corrected chi connectivity index (χ3v) is 4.75. The van der Waals surface area contributed by atoms with E-state index in [1.54, 1.807) is 6.20 Å². The van der Waals surface area contributed by atoms with Crippen molar-refractivity contribution in [2.45, 2.75) is 5.41 Å². The van der Waals surface area contributed by atoms with Crippen LogP contribution in [0.5, 0.6) is 0 Å². The van der Waals surface area contributed by atoms with Crippen molar-refractivity contribution in [3.8, 4) is 0 Å². The van der Waals surface area contributed by atoms with Crippen molar-refractivity contribution < 1.29 is 9.58 Å². The smallest absolute Gasteiger partial charge is 0.343 e. The van der Waals surface area contributed by atoms with Crippen LogP contribution in [-0.2, 0) is 10.2 Å². The van der Waals surface area contributed by atoms with Crippen LogP contribution in [-0.4, -0.2) is 21.3 Å². The number of carbonyl (C=O) groups excluding carboxylic acids is 1. The molecule has 0 saturated heterocycles. The maximum atomic E-state index is 12.6. The highest BCUT2D eigenvalue weighted by Crippen LogP contribution is 2.55. The molecule has 2 bridgehead atoms. The Morgan fingerprint density at radius 1 is 1.00 bits per heavy atom. The highest BCUT2D eigenvalue weighted by Gasteiger charge is 2.66. The van der Waals surface area contributed by atoms with Crippen molar-refractivity contribution in [1.82, 2.24) is 4.98 Å². The number of allylic oxidation sites excluding steroid dienone is 2. The van der Waals surface area contributed by atoms with Crippen molar-refractivity contribution in [2.24, 2.45) is 11.8 Å². The zero-order valence-electron chi connectivity index (χ0n) is 11.8. The molecule has 4 heteroatoms. The second-order valence-corrected chi connectivity index (χ2v) is 5.64. The molecule has 1 saturated carbocycles. The number of Topliss-reactive ketones (excluding diaryl/α,β-unsaturated/α-hetero) is 1. The number of fused-ring (bicyclic) bond motifs is 2. The van der Waals surface area contributed by atoms with Gasteiger partial charge in [-0.3, -0.25) is 9.78 Å². The Bertz CT molecular complexity index is 780. The maximum Gasteiger partial charge on any atom is 0.343 e. The number of nitrogens with zero attached hydrogens (tertiary/aromatic N) is 3. The van der Waals surface area contributed by atoms with Gasteiger partial charge in [0.15, 0.2) is 0 Å². The molecule has 4 nitrogen and oxygen atoms in total. The van der Waals surface area contributed by atoms with Gasteiger partial charge in [0.1, 0.15) is 0 Å². The first-order valence-electron chi connectivity index (χ1n) is 7.21. The van der Waals surface area contributed by atoms with E-state index in [0.717, 1.165) is 11.3 Å². The van der Waals surface area contributed by atoms with Gasteiger partial charge in [0.25, 0.3) is 0 Å². The molecule has 0 amide bonds. The van der Waals surface area contributed by atoms with Crippen molar-refractivity contribution in [1.29, 1.82) is 0 Å². The number of hydrogen-bond acceptors (Lipinski definition) is 2. The minimum absolute atomic E-state index is 0.121. The van der Waals surface area contributed by atoms with Crippen LogP contribution in [0.25, 0.3) is 5.53 Å². The molecule has 1 heterocycles. The maximum absolute atomic E-state index is 12.6. The van der Waals surface area contributed by atoms with E-state index in [-0.39, 0.29) is 23.3 Å². The first kappa shape index (κ1) is 12.9. The Morgan fingerprint density at radius 3 is 2.36 bits per heavy atom. The predicted molar refractivity (Wildman–Crippen MR) is 81.2 cm³/mol. The lowest BCUT2D eigenvalue weighted by Crippen LogP contribution is -2.36. The molecule has 0 radical (unpaired) electrons. The number of carbonyl (C=O) groups is 1. The third-order valence-electron chi connectivity index (χ3n) is 4.75. The van der Waals surface area contributed by atoms with Crippen LogP contribution in [0.1, 0.15) is 11.3 Å². The molecule has 1 aromatic carbocycles. The van der Waals surface area contributed by atoms with E-state index in [1.807, 2.05) is 60.7 Å². The summed E-state index contributed by atoms with van der Waals surface area (Å²) in [5, 5.41) is 0. The molecule has 3 atom stereocenters. The van der Waals surface area contributed by atoms with Crippen molar-refractivity contribution in [3.63, 3.8) is 0 Å². The van der Waals surface area contributed by atoms with Crippen LogP contribution < -0.4 is 0 Å². The highest BCUT2D eigenvalue weighted by molar-refractivity contribution is 6.44. The number of benzene rings is 1. The van der Waals surface area contributed by atoms with Crippen LogP contribution in [0, 0.1) is 11.8 Å². The highest BCUT2D eigenvalue weighted by atomic mass is 16.1. The first-order valence-corrected chi connectivity index (χ1v) is 7.21. The second kappa shape index (κ2) is 4.58. The molecule has 106 valence electrons. The Kier molecular flexibility index (Phi) is 2.68. The van der Waals surface area contributed by atoms with Crippen molar-refractivity contribution >= 4 is 11.5 Å². The molecule has 2 aliphatic rings. The lowest BCUT2D eigenvalue weighted by atomic mass is 9.68. The standard InChI is InChI=1S/C18H13N3O/c19-21-16-13-9-10-14(17(16)22)18(13,12-6-2-1-3-7-12)15-8-4-5-11-20-15/h1-11,13-14H. The number of aromatic nitrogens is 1. The van der Waals surface area contributed by atoms with Gasteiger partial charge < -0.3 is 5.53 Å². The van der Waals surface area contributed by atoms with Gasteiger partial charge in [0.05, 0.1) is 22.9 Å². The predicted octanol–water partition coefficient (Wildman–Crippen LogP) is 2.42. The minimum Gasteiger partial charge on any atom is -0.361 e. The quantitative estimate of drug-likeness (QED) is 0.483. The lowest BCUT2D eigenvalue weighted by Gasteiger charge is -2.32. The second-order valence-electron chi connectivity index (χ2n) is 5.64. The van der Waals surface area contributed by atoms with Gasteiger partial charge in [-0.1, -0.05) is 48.6 Å². The van der Waals surface area contributed by atoms with E-state index in [2.05, 4.69) is 9.77 Å². The summed E-state index contributed by atoms with van der Waals surface area (Å²) >= 11 is 0. The van der Waals surface area contributed by atoms with Gasteiger partial charge in [0, 0.05) is 6.20 Å². The van der Waals surface area contributed by atoms with Gasteiger partial charge in [-0.05, 0) is 17.7 Å². The fraction of sp³-hybridized carbons (Fsp3) is 0.167. The zero-order valence-corrected chi connectivity index (χ0v) is 11.8. The topological polar surface area (TPSA) is 66.4 Å². The Hall–Kier alpha value is -2.84. The van der Waals surface area contributed by atoms with Gasteiger partial charge in [-0.25, -0.2) is 0 Å². The fourth-order valence-corrected chi connectivity index (χ4v) is 3.89. The van der Waals surface area contributed by atoms with E-state index in [0.29, 0.717) is 0 Å². The van der Waals surface area contributed by atoms with E-state index in [1.165, 1.54) is 0 Å². The van der Waals surface area contributed by atoms with Crippen LogP contribution in [0.4, 0.5) is 0 Å². The van der Waals surface area contributed by atoms with Gasteiger partial charge in [0.2, 0.25) is 5.78 Å². The van der Waals surface area contributed by atoms with Gasteiger partial charge >= 0.3 is 5.71 Å². The first-order chi connectivity index (χ1) is 10.8. The molecule has 0 spiro atoms. The molecule has 0 aliphatic heterocycles. The van der Waals surface area contributed by atoms with Crippen molar-refractivity contribution in [2.75, 3.05) is 0 Å². The van der Waals surface area contributed by atoms with Crippen molar-refractivity contribution in [3.05, 3.63) is 83.7 Å². The van der Waals surface area contributed by atoms with Crippen LogP contribution >= 0.6 is 0 Å². The fourth-order valence-electron chi connectivity index (χ4n) is 3.89. The van der Waals surface area contributed by atoms with Crippen LogP contribution in [0.3, 0.4) is 0 Å². The molecular weight excluding hydrogens is 274 g/mol. The van der Waals surface area contributed by atoms with Gasteiger partial charge in [-0.2, -0.15) is 4.79 Å². The molecule has 1 aromatic heterocycles. The summed E-state index contributed by atoms with van der Waals surface area (Å²) in [6.45, 7) is 0. The Balaban J connectivity index is 2.05. The van der Waals surface area contributed by atoms with E-state index in [9.17, 15) is 10.3 Å². The van der Waals surface area contributed by atoms with Crippen LogP contribution in [0.2, 0.25) is 0 Å². The summed E-state index contributed by atoms with van der Waals surface area (Å²) in [5.41, 5.74) is 10.8. The largest absolute Gasteiger partial charge is 0.361 e. The zero-order chi connectivity index (χ0) is 15.2. The molecule has 2 aliphatic carbocycles. The normalized spacial score (nSPS) is 28.9. The van der Waals surface area contributed by atoms with E-state index >= 15 is 0 Å². The monoisotopic (exact) mass is 287 g/mol. The summed E-state index contributed by atoms with van der Waals surface area (Å²) in [6, 6.07) is 15.6. The average molecular weight is 287 g/mol. The summed E-state index contributed by atoms with van der Waals surface area (Å²) in [4.78, 5) is 20.4. The summed E-state index contributed by atoms with van der Waals surface area (Å²) < 4.78 is 0. The molecule has 22 heavy (non-hydrogen) atoms. The number of rotatable bonds is 2. The molecule has 1 fully saturated rings. The van der Waals surface area contributed by atoms with Crippen LogP contribution in [0.15, 0.2) is 66.9 Å². The molecular formula is C18H13N3O. The average Bonchev–Trinajstić information content (AvgIpc) is 3.08. The number of ketones is 1. The minimum atomic E-state index is -0.610. The van der Waals surface area contributed by atoms with Gasteiger partial charge in [-0.15, -0.1) is 0 Å². The third kappa shape index (κ3) is 1.42. The van der Waals surface area contributed by atoms with E-state index < -0.39 is 5.41 Å². The molecule has 4 rings (SSSR count). The Morgan fingerprint density at radius 2 is 1.73 bits per heavy atom. The summed E-state index contributed by atoms with van der Waals surface area (Å²) in [5.74, 6) is -0.780. The molecule has 2 aromatic rings. The molecule has 3 unspecified atom stereocenters. The van der Waals surface area contributed by atoms with E-state index in [4.69, 9.17) is 0 Å².